The van der Waals surface area contributed by atoms with Crippen LogP contribution in [0.3, 0.4) is 0 Å². The molecule has 122 valence electrons. The van der Waals surface area contributed by atoms with Crippen LogP contribution in [-0.2, 0) is 20.8 Å². The van der Waals surface area contributed by atoms with Crippen molar-refractivity contribution in [2.24, 2.45) is 0 Å². The van der Waals surface area contributed by atoms with Gasteiger partial charge in [-0.2, -0.15) is 0 Å². The van der Waals surface area contributed by atoms with E-state index in [1.54, 1.807) is 31.0 Å². The van der Waals surface area contributed by atoms with Crippen LogP contribution in [0, 0.1) is 0 Å². The molecule has 6 nitrogen and oxygen atoms in total. The second-order valence-corrected chi connectivity index (χ2v) is 4.91. The van der Waals surface area contributed by atoms with Crippen molar-refractivity contribution in [2.75, 3.05) is 26.9 Å². The number of carboxylic acids is 1. The molecule has 0 heterocycles. The van der Waals surface area contributed by atoms with E-state index < -0.39 is 12.1 Å². The normalized spacial score (nSPS) is 12.0. The lowest BCUT2D eigenvalue weighted by molar-refractivity contribution is -0.142. The molecule has 0 fully saturated rings. The standard InChI is InChI=1S/C16H23NO5/c1-4-21-9-10-22-12(2)15(18)17(3)11-13-5-7-14(8-6-13)16(19)20/h5-8,12H,4,9-11H2,1-3H3,(H,19,20). The summed E-state index contributed by atoms with van der Waals surface area (Å²) < 4.78 is 10.6. The number of carbonyl (C=O) groups is 2. The smallest absolute Gasteiger partial charge is 0.335 e. The van der Waals surface area contributed by atoms with Crippen molar-refractivity contribution >= 4 is 11.9 Å². The van der Waals surface area contributed by atoms with Gasteiger partial charge in [0.15, 0.2) is 0 Å². The Bertz CT molecular complexity index is 486. The topological polar surface area (TPSA) is 76.1 Å². The molecule has 1 N–H and O–H groups in total. The Labute approximate surface area is 130 Å². The summed E-state index contributed by atoms with van der Waals surface area (Å²) in [4.78, 5) is 24.5. The summed E-state index contributed by atoms with van der Waals surface area (Å²) in [6, 6.07) is 6.46. The molecule has 1 unspecified atom stereocenters. The second-order valence-electron chi connectivity index (χ2n) is 4.91. The summed E-state index contributed by atoms with van der Waals surface area (Å²) in [5.74, 6) is -1.09. The molecule has 0 spiro atoms. The highest BCUT2D eigenvalue weighted by molar-refractivity contribution is 5.87. The first-order valence-corrected chi connectivity index (χ1v) is 7.22. The predicted molar refractivity (Wildman–Crippen MR) is 81.8 cm³/mol. The largest absolute Gasteiger partial charge is 0.478 e. The lowest BCUT2D eigenvalue weighted by atomic mass is 10.1. The summed E-state index contributed by atoms with van der Waals surface area (Å²) in [6.45, 7) is 5.47. The molecule has 1 aromatic rings. The summed E-state index contributed by atoms with van der Waals surface area (Å²) in [7, 11) is 1.69. The average molecular weight is 309 g/mol. The molecular weight excluding hydrogens is 286 g/mol. The minimum absolute atomic E-state index is 0.126. The van der Waals surface area contributed by atoms with Crippen molar-refractivity contribution in [2.45, 2.75) is 26.5 Å². The number of carbonyl (C=O) groups excluding carboxylic acids is 1. The molecule has 0 radical (unpaired) electrons. The van der Waals surface area contributed by atoms with Gasteiger partial charge in [0.2, 0.25) is 0 Å². The first-order valence-electron chi connectivity index (χ1n) is 7.22. The van der Waals surface area contributed by atoms with E-state index in [0.29, 0.717) is 26.4 Å². The highest BCUT2D eigenvalue weighted by Crippen LogP contribution is 2.08. The highest BCUT2D eigenvalue weighted by Gasteiger charge is 2.18. The zero-order valence-corrected chi connectivity index (χ0v) is 13.2. The van der Waals surface area contributed by atoms with Gasteiger partial charge < -0.3 is 19.5 Å². The van der Waals surface area contributed by atoms with Crippen molar-refractivity contribution in [1.82, 2.24) is 4.90 Å². The molecule has 0 aliphatic heterocycles. The van der Waals surface area contributed by atoms with Gasteiger partial charge >= 0.3 is 5.97 Å². The third-order valence-electron chi connectivity index (χ3n) is 3.14. The number of hydrogen-bond acceptors (Lipinski definition) is 4. The lowest BCUT2D eigenvalue weighted by Crippen LogP contribution is -2.36. The van der Waals surface area contributed by atoms with Gasteiger partial charge in [-0.1, -0.05) is 12.1 Å². The Morgan fingerprint density at radius 1 is 1.23 bits per heavy atom. The van der Waals surface area contributed by atoms with Crippen LogP contribution in [0.1, 0.15) is 29.8 Å². The average Bonchev–Trinajstić information content (AvgIpc) is 2.51. The van der Waals surface area contributed by atoms with Gasteiger partial charge in [0.05, 0.1) is 18.8 Å². The number of amides is 1. The first kappa shape index (κ1) is 18.1. The Balaban J connectivity index is 2.47. The van der Waals surface area contributed by atoms with E-state index in [9.17, 15) is 9.59 Å². The molecule has 1 rings (SSSR count). The molecule has 0 saturated carbocycles. The predicted octanol–water partition coefficient (Wildman–Crippen LogP) is 1.78. The van der Waals surface area contributed by atoms with Crippen LogP contribution in [0.2, 0.25) is 0 Å². The van der Waals surface area contributed by atoms with Gasteiger partial charge in [0.25, 0.3) is 5.91 Å². The van der Waals surface area contributed by atoms with Crippen LogP contribution in [0.5, 0.6) is 0 Å². The van der Waals surface area contributed by atoms with Gasteiger partial charge in [-0.25, -0.2) is 4.79 Å². The quantitative estimate of drug-likeness (QED) is 0.704. The zero-order chi connectivity index (χ0) is 16.5. The Hall–Kier alpha value is -1.92. The summed E-state index contributed by atoms with van der Waals surface area (Å²) in [6.07, 6.45) is -0.538. The molecule has 22 heavy (non-hydrogen) atoms. The summed E-state index contributed by atoms with van der Waals surface area (Å²) >= 11 is 0. The second kappa shape index (κ2) is 9.17. The molecule has 0 bridgehead atoms. The van der Waals surface area contributed by atoms with Crippen molar-refractivity contribution < 1.29 is 24.2 Å². The summed E-state index contributed by atoms with van der Waals surface area (Å²) in [5, 5.41) is 8.85. The van der Waals surface area contributed by atoms with Crippen LogP contribution in [0.15, 0.2) is 24.3 Å². The lowest BCUT2D eigenvalue weighted by Gasteiger charge is -2.21. The minimum Gasteiger partial charge on any atom is -0.478 e. The number of likely N-dealkylation sites (N-methyl/N-ethyl adjacent to an activating group) is 1. The van der Waals surface area contributed by atoms with Crippen LogP contribution < -0.4 is 0 Å². The number of rotatable bonds is 9. The fraction of sp³-hybridized carbons (Fsp3) is 0.500. The van der Waals surface area contributed by atoms with Crippen molar-refractivity contribution in [3.05, 3.63) is 35.4 Å². The molecule has 1 amide bonds. The third kappa shape index (κ3) is 5.83. The fourth-order valence-corrected chi connectivity index (χ4v) is 1.91. The van der Waals surface area contributed by atoms with Gasteiger partial charge in [0, 0.05) is 20.2 Å². The number of nitrogens with zero attached hydrogens (tertiary/aromatic N) is 1. The fourth-order valence-electron chi connectivity index (χ4n) is 1.91. The first-order chi connectivity index (χ1) is 10.5. The van der Waals surface area contributed by atoms with Crippen molar-refractivity contribution in [1.29, 1.82) is 0 Å². The Morgan fingerprint density at radius 2 is 1.86 bits per heavy atom. The Kier molecular flexibility index (Phi) is 7.56. The van der Waals surface area contributed by atoms with Crippen molar-refractivity contribution in [3.63, 3.8) is 0 Å². The number of aromatic carboxylic acids is 1. The molecule has 1 aromatic carbocycles. The summed E-state index contributed by atoms with van der Waals surface area (Å²) in [5.41, 5.74) is 1.09. The van der Waals surface area contributed by atoms with E-state index in [2.05, 4.69) is 0 Å². The zero-order valence-electron chi connectivity index (χ0n) is 13.2. The molecule has 0 aromatic heterocycles. The molecule has 0 saturated heterocycles. The SMILES string of the molecule is CCOCCOC(C)C(=O)N(C)Cc1ccc(C(=O)O)cc1. The van der Waals surface area contributed by atoms with Crippen LogP contribution in [-0.4, -0.2) is 54.9 Å². The molecular formula is C16H23NO5. The maximum Gasteiger partial charge on any atom is 0.335 e. The van der Waals surface area contributed by atoms with Crippen LogP contribution >= 0.6 is 0 Å². The van der Waals surface area contributed by atoms with Crippen molar-refractivity contribution in [3.8, 4) is 0 Å². The number of ether oxygens (including phenoxy) is 2. The van der Waals surface area contributed by atoms with Gasteiger partial charge in [-0.3, -0.25) is 4.79 Å². The molecule has 1 atom stereocenters. The minimum atomic E-state index is -0.965. The Morgan fingerprint density at radius 3 is 2.41 bits per heavy atom. The van der Waals surface area contributed by atoms with Gasteiger partial charge in [-0.15, -0.1) is 0 Å². The monoisotopic (exact) mass is 309 g/mol. The highest BCUT2D eigenvalue weighted by atomic mass is 16.5. The number of carboxylic acid groups (broad SMARTS) is 1. The molecule has 0 aliphatic carbocycles. The van der Waals surface area contributed by atoms with E-state index >= 15 is 0 Å². The van der Waals surface area contributed by atoms with E-state index in [4.69, 9.17) is 14.6 Å². The maximum absolute atomic E-state index is 12.2. The third-order valence-corrected chi connectivity index (χ3v) is 3.14. The van der Waals surface area contributed by atoms with Gasteiger partial charge in [-0.05, 0) is 31.5 Å². The van der Waals surface area contributed by atoms with E-state index in [-0.39, 0.29) is 11.5 Å². The molecule has 0 aliphatic rings. The van der Waals surface area contributed by atoms with Gasteiger partial charge in [0.1, 0.15) is 6.10 Å². The van der Waals surface area contributed by atoms with E-state index in [1.165, 1.54) is 12.1 Å². The number of benzene rings is 1. The maximum atomic E-state index is 12.2. The number of hydrogen-bond donors (Lipinski definition) is 1. The van der Waals surface area contributed by atoms with Crippen LogP contribution in [0.25, 0.3) is 0 Å². The van der Waals surface area contributed by atoms with Crippen LogP contribution in [0.4, 0.5) is 0 Å². The van der Waals surface area contributed by atoms with E-state index in [0.717, 1.165) is 5.56 Å². The molecule has 6 heteroatoms. The van der Waals surface area contributed by atoms with E-state index in [1.807, 2.05) is 6.92 Å².